The first-order valence-electron chi connectivity index (χ1n) is 17.9. The number of carbonyl (C=O) groups is 2. The zero-order valence-electron chi connectivity index (χ0n) is 27.2. The summed E-state index contributed by atoms with van der Waals surface area (Å²) in [7, 11) is 0. The van der Waals surface area contributed by atoms with E-state index in [1.807, 2.05) is 0 Å². The molecule has 4 heteroatoms. The second kappa shape index (κ2) is 33.9. The Balaban J connectivity index is 3.31. The van der Waals surface area contributed by atoms with Crippen LogP contribution in [0.2, 0.25) is 0 Å². The van der Waals surface area contributed by atoms with Crippen LogP contribution in [0.15, 0.2) is 12.2 Å². The fourth-order valence-corrected chi connectivity index (χ4v) is 5.23. The van der Waals surface area contributed by atoms with Gasteiger partial charge in [0, 0.05) is 13.0 Å². The van der Waals surface area contributed by atoms with E-state index in [1.165, 1.54) is 154 Å². The van der Waals surface area contributed by atoms with Gasteiger partial charge < -0.3 is 10.6 Å². The minimum Gasteiger partial charge on any atom is -0.355 e. The van der Waals surface area contributed by atoms with E-state index in [2.05, 4.69) is 36.6 Å². The van der Waals surface area contributed by atoms with Crippen molar-refractivity contribution in [2.24, 2.45) is 0 Å². The molecule has 0 rings (SSSR count). The SMILES string of the molecule is CCCCCCCC/C=C/CCCCCCCC(=O)NCC(=O)NCCCCCCCCCCCCCCCC. The summed E-state index contributed by atoms with van der Waals surface area (Å²) in [4.78, 5) is 24.0. The summed E-state index contributed by atoms with van der Waals surface area (Å²) in [5.41, 5.74) is 0. The Morgan fingerprint density at radius 1 is 0.425 bits per heavy atom. The maximum absolute atomic E-state index is 12.0. The molecule has 0 heterocycles. The number of hydrogen-bond acceptors (Lipinski definition) is 2. The zero-order chi connectivity index (χ0) is 29.2. The molecule has 0 aliphatic carbocycles. The Kier molecular flexibility index (Phi) is 32.8. The molecular formula is C36H70N2O2. The van der Waals surface area contributed by atoms with Gasteiger partial charge in [-0.25, -0.2) is 0 Å². The van der Waals surface area contributed by atoms with Crippen molar-refractivity contribution in [3.05, 3.63) is 12.2 Å². The molecular weight excluding hydrogens is 492 g/mol. The van der Waals surface area contributed by atoms with E-state index in [9.17, 15) is 9.59 Å². The van der Waals surface area contributed by atoms with E-state index < -0.39 is 0 Å². The lowest BCUT2D eigenvalue weighted by molar-refractivity contribution is -0.126. The number of carbonyl (C=O) groups excluding carboxylic acids is 2. The quantitative estimate of drug-likeness (QED) is 0.0632. The summed E-state index contributed by atoms with van der Waals surface area (Å²) in [5, 5.41) is 5.72. The number of allylic oxidation sites excluding steroid dienone is 2. The minimum absolute atomic E-state index is 0.00395. The molecule has 0 bridgehead atoms. The lowest BCUT2D eigenvalue weighted by Gasteiger charge is -2.07. The molecule has 0 aromatic rings. The highest BCUT2D eigenvalue weighted by atomic mass is 16.2. The van der Waals surface area contributed by atoms with Crippen molar-refractivity contribution in [3.63, 3.8) is 0 Å². The van der Waals surface area contributed by atoms with Gasteiger partial charge in [0.2, 0.25) is 11.8 Å². The second-order valence-corrected chi connectivity index (χ2v) is 12.1. The van der Waals surface area contributed by atoms with E-state index in [4.69, 9.17) is 0 Å². The van der Waals surface area contributed by atoms with Crippen molar-refractivity contribution in [1.29, 1.82) is 0 Å². The van der Waals surface area contributed by atoms with Gasteiger partial charge in [0.25, 0.3) is 0 Å². The molecule has 0 radical (unpaired) electrons. The lowest BCUT2D eigenvalue weighted by atomic mass is 10.0. The monoisotopic (exact) mass is 563 g/mol. The van der Waals surface area contributed by atoms with Crippen LogP contribution in [0, 0.1) is 0 Å². The van der Waals surface area contributed by atoms with Crippen LogP contribution < -0.4 is 10.6 Å². The summed E-state index contributed by atoms with van der Waals surface area (Å²) in [5.74, 6) is -0.0585. The van der Waals surface area contributed by atoms with E-state index in [0.717, 1.165) is 25.8 Å². The number of hydrogen-bond donors (Lipinski definition) is 2. The fourth-order valence-electron chi connectivity index (χ4n) is 5.23. The van der Waals surface area contributed by atoms with Crippen molar-refractivity contribution < 1.29 is 9.59 Å². The molecule has 0 saturated heterocycles. The molecule has 236 valence electrons. The first-order chi connectivity index (χ1) is 19.7. The number of nitrogens with one attached hydrogen (secondary N) is 2. The van der Waals surface area contributed by atoms with E-state index in [0.29, 0.717) is 6.42 Å². The predicted molar refractivity (Wildman–Crippen MR) is 176 cm³/mol. The second-order valence-electron chi connectivity index (χ2n) is 12.1. The van der Waals surface area contributed by atoms with Gasteiger partial charge in [0.15, 0.2) is 0 Å². The average molecular weight is 563 g/mol. The molecule has 0 unspecified atom stereocenters. The Bertz CT molecular complexity index is 561. The standard InChI is InChI=1S/C36H70N2O2/c1-3-5-7-9-11-13-15-17-19-20-22-24-26-28-30-32-35(39)38-34-36(40)37-33-31-29-27-25-23-21-18-16-14-12-10-8-6-4-2/h17,19H,3-16,18,20-34H2,1-2H3,(H,37,40)(H,38,39)/b19-17+. The van der Waals surface area contributed by atoms with E-state index in [-0.39, 0.29) is 18.4 Å². The van der Waals surface area contributed by atoms with Gasteiger partial charge in [0.1, 0.15) is 0 Å². The molecule has 2 N–H and O–H groups in total. The molecule has 0 fully saturated rings. The van der Waals surface area contributed by atoms with E-state index >= 15 is 0 Å². The average Bonchev–Trinajstić information content (AvgIpc) is 2.96. The van der Waals surface area contributed by atoms with Gasteiger partial charge in [-0.05, 0) is 38.5 Å². The van der Waals surface area contributed by atoms with Gasteiger partial charge in [-0.3, -0.25) is 9.59 Å². The third-order valence-electron chi connectivity index (χ3n) is 7.96. The molecule has 2 amide bonds. The first-order valence-corrected chi connectivity index (χ1v) is 17.9. The normalized spacial score (nSPS) is 11.3. The van der Waals surface area contributed by atoms with Crippen LogP contribution in [0.3, 0.4) is 0 Å². The topological polar surface area (TPSA) is 58.2 Å². The predicted octanol–water partition coefficient (Wildman–Crippen LogP) is 10.7. The number of amides is 2. The number of unbranched alkanes of at least 4 members (excludes halogenated alkanes) is 24. The highest BCUT2D eigenvalue weighted by Crippen LogP contribution is 2.13. The molecule has 0 saturated carbocycles. The molecule has 0 atom stereocenters. The van der Waals surface area contributed by atoms with Crippen molar-refractivity contribution in [3.8, 4) is 0 Å². The molecule has 0 spiro atoms. The molecule has 4 nitrogen and oxygen atoms in total. The Morgan fingerprint density at radius 2 is 0.800 bits per heavy atom. The highest BCUT2D eigenvalue weighted by Gasteiger charge is 2.05. The minimum atomic E-state index is -0.0624. The largest absolute Gasteiger partial charge is 0.355 e. The smallest absolute Gasteiger partial charge is 0.239 e. The molecule has 40 heavy (non-hydrogen) atoms. The van der Waals surface area contributed by atoms with Crippen molar-refractivity contribution in [1.82, 2.24) is 10.6 Å². The van der Waals surface area contributed by atoms with Gasteiger partial charge in [0.05, 0.1) is 6.54 Å². The molecule has 0 aromatic heterocycles. The van der Waals surface area contributed by atoms with Crippen molar-refractivity contribution in [2.75, 3.05) is 13.1 Å². The maximum Gasteiger partial charge on any atom is 0.239 e. The molecule has 0 aliphatic heterocycles. The van der Waals surface area contributed by atoms with Crippen molar-refractivity contribution >= 4 is 11.8 Å². The van der Waals surface area contributed by atoms with Crippen molar-refractivity contribution in [2.45, 2.75) is 194 Å². The van der Waals surface area contributed by atoms with Crippen LogP contribution in [-0.2, 0) is 9.59 Å². The van der Waals surface area contributed by atoms with Gasteiger partial charge in [-0.2, -0.15) is 0 Å². The Hall–Kier alpha value is -1.32. The Morgan fingerprint density at radius 3 is 1.25 bits per heavy atom. The number of rotatable bonds is 32. The first kappa shape index (κ1) is 38.7. The Labute approximate surface area is 250 Å². The summed E-state index contributed by atoms with van der Waals surface area (Å²) in [6, 6.07) is 0. The summed E-state index contributed by atoms with van der Waals surface area (Å²) >= 11 is 0. The zero-order valence-corrected chi connectivity index (χ0v) is 27.2. The van der Waals surface area contributed by atoms with Crippen LogP contribution >= 0.6 is 0 Å². The van der Waals surface area contributed by atoms with Gasteiger partial charge in [-0.1, -0.05) is 161 Å². The van der Waals surface area contributed by atoms with E-state index in [1.54, 1.807) is 0 Å². The molecule has 0 aliphatic rings. The van der Waals surface area contributed by atoms with Crippen LogP contribution in [0.1, 0.15) is 194 Å². The lowest BCUT2D eigenvalue weighted by Crippen LogP contribution is -2.37. The van der Waals surface area contributed by atoms with Crippen LogP contribution in [-0.4, -0.2) is 24.9 Å². The van der Waals surface area contributed by atoms with Crippen LogP contribution in [0.5, 0.6) is 0 Å². The third kappa shape index (κ3) is 32.9. The summed E-state index contributed by atoms with van der Waals surface area (Å²) in [6.45, 7) is 5.38. The maximum atomic E-state index is 12.0. The highest BCUT2D eigenvalue weighted by molar-refractivity contribution is 5.84. The summed E-state index contributed by atoms with van der Waals surface area (Å²) in [6.07, 6.45) is 40.3. The molecule has 0 aromatic carbocycles. The summed E-state index contributed by atoms with van der Waals surface area (Å²) < 4.78 is 0. The van der Waals surface area contributed by atoms with Crippen LogP contribution in [0.4, 0.5) is 0 Å². The van der Waals surface area contributed by atoms with Gasteiger partial charge >= 0.3 is 0 Å². The van der Waals surface area contributed by atoms with Gasteiger partial charge in [-0.15, -0.1) is 0 Å². The third-order valence-corrected chi connectivity index (χ3v) is 7.96. The fraction of sp³-hybridized carbons (Fsp3) is 0.889. The van der Waals surface area contributed by atoms with Crippen LogP contribution in [0.25, 0.3) is 0 Å².